The second-order valence-electron chi connectivity index (χ2n) is 5.30. The minimum absolute atomic E-state index is 0.234. The summed E-state index contributed by atoms with van der Waals surface area (Å²) in [5.74, 6) is 0.869. The van der Waals surface area contributed by atoms with Crippen LogP contribution in [0.2, 0.25) is 0 Å². The van der Waals surface area contributed by atoms with Crippen LogP contribution in [0, 0.1) is 0 Å². The first-order chi connectivity index (χ1) is 11.1. The van der Waals surface area contributed by atoms with Gasteiger partial charge in [-0.2, -0.15) is 4.98 Å². The summed E-state index contributed by atoms with van der Waals surface area (Å²) in [5, 5.41) is 2.85. The first-order valence-corrected chi connectivity index (χ1v) is 7.59. The van der Waals surface area contributed by atoms with Crippen LogP contribution in [0.15, 0.2) is 36.4 Å². The largest absolute Gasteiger partial charge is 0.481 e. The van der Waals surface area contributed by atoms with Gasteiger partial charge in [-0.15, -0.1) is 0 Å². The number of hydrogen-bond donors (Lipinski definition) is 1. The molecule has 1 heterocycles. The van der Waals surface area contributed by atoms with Crippen molar-refractivity contribution in [1.29, 1.82) is 0 Å². The van der Waals surface area contributed by atoms with Gasteiger partial charge in [-0.05, 0) is 36.1 Å². The molecule has 2 rings (SSSR count). The molecular weight excluding hydrogens is 292 g/mol. The number of nitrogens with one attached hydrogen (secondary N) is 1. The second-order valence-corrected chi connectivity index (χ2v) is 5.30. The standard InChI is InChI=1S/C18H22N2O3/c1-5-12(2)13-6-8-14(9-7-13)19-17(21)15-10-11-16(22-3)20-18(15)23-4/h6-12H,5H2,1-4H3,(H,19,21). The second kappa shape index (κ2) is 7.63. The number of aromatic nitrogens is 1. The summed E-state index contributed by atoms with van der Waals surface area (Å²) in [5.41, 5.74) is 2.36. The summed E-state index contributed by atoms with van der Waals surface area (Å²) in [6.07, 6.45) is 1.08. The van der Waals surface area contributed by atoms with Crippen LogP contribution in [0.1, 0.15) is 42.1 Å². The van der Waals surface area contributed by atoms with Crippen molar-refractivity contribution in [2.45, 2.75) is 26.2 Å². The molecular formula is C18H22N2O3. The molecule has 0 aliphatic heterocycles. The van der Waals surface area contributed by atoms with Crippen LogP contribution in [0.5, 0.6) is 11.8 Å². The van der Waals surface area contributed by atoms with Gasteiger partial charge in [-0.1, -0.05) is 26.0 Å². The van der Waals surface area contributed by atoms with Gasteiger partial charge in [0, 0.05) is 11.8 Å². The minimum Gasteiger partial charge on any atom is -0.481 e. The molecule has 1 atom stereocenters. The van der Waals surface area contributed by atoms with Gasteiger partial charge < -0.3 is 14.8 Å². The summed E-state index contributed by atoms with van der Waals surface area (Å²) in [6.45, 7) is 4.34. The number of anilines is 1. The maximum atomic E-state index is 12.4. The highest BCUT2D eigenvalue weighted by atomic mass is 16.5. The van der Waals surface area contributed by atoms with Gasteiger partial charge in [0.2, 0.25) is 11.8 Å². The fourth-order valence-corrected chi connectivity index (χ4v) is 2.19. The molecule has 1 N–H and O–H groups in total. The van der Waals surface area contributed by atoms with E-state index in [0.29, 0.717) is 17.4 Å². The number of rotatable bonds is 6. The lowest BCUT2D eigenvalue weighted by Crippen LogP contribution is -2.14. The summed E-state index contributed by atoms with van der Waals surface area (Å²) < 4.78 is 10.2. The molecule has 1 aromatic carbocycles. The molecule has 1 unspecified atom stereocenters. The number of amides is 1. The lowest BCUT2D eigenvalue weighted by atomic mass is 9.98. The fourth-order valence-electron chi connectivity index (χ4n) is 2.19. The van der Waals surface area contributed by atoms with Gasteiger partial charge >= 0.3 is 0 Å². The van der Waals surface area contributed by atoms with Gasteiger partial charge in [0.25, 0.3) is 5.91 Å². The number of benzene rings is 1. The molecule has 0 spiro atoms. The maximum Gasteiger partial charge on any atom is 0.261 e. The number of ether oxygens (including phenoxy) is 2. The van der Waals surface area contributed by atoms with E-state index in [4.69, 9.17) is 9.47 Å². The van der Waals surface area contributed by atoms with Crippen LogP contribution in [-0.4, -0.2) is 25.1 Å². The van der Waals surface area contributed by atoms with Crippen LogP contribution in [0.3, 0.4) is 0 Å². The average Bonchev–Trinajstić information content (AvgIpc) is 2.60. The molecule has 122 valence electrons. The van der Waals surface area contributed by atoms with Gasteiger partial charge in [-0.25, -0.2) is 0 Å². The highest BCUT2D eigenvalue weighted by Crippen LogP contribution is 2.23. The highest BCUT2D eigenvalue weighted by molar-refractivity contribution is 6.05. The van der Waals surface area contributed by atoms with E-state index in [1.807, 2.05) is 24.3 Å². The first kappa shape index (κ1) is 16.8. The Morgan fingerprint density at radius 2 is 1.83 bits per heavy atom. The van der Waals surface area contributed by atoms with E-state index in [2.05, 4.69) is 24.1 Å². The molecule has 0 saturated carbocycles. The Morgan fingerprint density at radius 1 is 1.13 bits per heavy atom. The van der Waals surface area contributed by atoms with Crippen molar-refractivity contribution >= 4 is 11.6 Å². The van der Waals surface area contributed by atoms with Gasteiger partial charge in [0.1, 0.15) is 5.56 Å². The molecule has 2 aromatic rings. The maximum absolute atomic E-state index is 12.4. The smallest absolute Gasteiger partial charge is 0.261 e. The van der Waals surface area contributed by atoms with Gasteiger partial charge in [0.05, 0.1) is 14.2 Å². The monoisotopic (exact) mass is 314 g/mol. The van der Waals surface area contributed by atoms with Gasteiger partial charge in [-0.3, -0.25) is 4.79 Å². The molecule has 0 aliphatic carbocycles. The third kappa shape index (κ3) is 4.00. The van der Waals surface area contributed by atoms with E-state index in [1.54, 1.807) is 12.1 Å². The summed E-state index contributed by atoms with van der Waals surface area (Å²) in [4.78, 5) is 16.5. The number of hydrogen-bond acceptors (Lipinski definition) is 4. The number of methoxy groups -OCH3 is 2. The Kier molecular flexibility index (Phi) is 5.57. The fraction of sp³-hybridized carbons (Fsp3) is 0.333. The number of carbonyl (C=O) groups excluding carboxylic acids is 1. The first-order valence-electron chi connectivity index (χ1n) is 7.59. The third-order valence-electron chi connectivity index (χ3n) is 3.83. The number of carbonyl (C=O) groups is 1. The normalized spacial score (nSPS) is 11.7. The zero-order chi connectivity index (χ0) is 16.8. The average molecular weight is 314 g/mol. The molecule has 23 heavy (non-hydrogen) atoms. The van der Waals surface area contributed by atoms with E-state index >= 15 is 0 Å². The van der Waals surface area contributed by atoms with Crippen LogP contribution in [0.4, 0.5) is 5.69 Å². The van der Waals surface area contributed by atoms with Crippen molar-refractivity contribution in [1.82, 2.24) is 4.98 Å². The number of nitrogens with zero attached hydrogens (tertiary/aromatic N) is 1. The van der Waals surface area contributed by atoms with Crippen molar-refractivity contribution in [3.63, 3.8) is 0 Å². The lowest BCUT2D eigenvalue weighted by molar-refractivity contribution is 0.102. The van der Waals surface area contributed by atoms with E-state index < -0.39 is 0 Å². The van der Waals surface area contributed by atoms with Crippen LogP contribution in [0.25, 0.3) is 0 Å². The summed E-state index contributed by atoms with van der Waals surface area (Å²) in [6, 6.07) is 11.1. The van der Waals surface area contributed by atoms with E-state index in [9.17, 15) is 4.79 Å². The molecule has 0 aliphatic rings. The quantitative estimate of drug-likeness (QED) is 0.879. The summed E-state index contributed by atoms with van der Waals surface area (Å²) >= 11 is 0. The van der Waals surface area contributed by atoms with E-state index in [-0.39, 0.29) is 11.8 Å². The molecule has 1 aromatic heterocycles. The molecule has 0 fully saturated rings. The molecule has 0 radical (unpaired) electrons. The Hall–Kier alpha value is -2.56. The Bertz CT molecular complexity index is 668. The van der Waals surface area contributed by atoms with Crippen molar-refractivity contribution in [2.75, 3.05) is 19.5 Å². The van der Waals surface area contributed by atoms with Crippen molar-refractivity contribution < 1.29 is 14.3 Å². The zero-order valence-electron chi connectivity index (χ0n) is 13.9. The highest BCUT2D eigenvalue weighted by Gasteiger charge is 2.15. The molecule has 0 saturated heterocycles. The molecule has 5 nitrogen and oxygen atoms in total. The molecule has 0 bridgehead atoms. The van der Waals surface area contributed by atoms with Crippen molar-refractivity contribution in [2.24, 2.45) is 0 Å². The Morgan fingerprint density at radius 3 is 2.39 bits per heavy atom. The molecule has 5 heteroatoms. The SMILES string of the molecule is CCC(C)c1ccc(NC(=O)c2ccc(OC)nc2OC)cc1. The predicted octanol–water partition coefficient (Wildman–Crippen LogP) is 3.86. The zero-order valence-corrected chi connectivity index (χ0v) is 13.9. The number of pyridine rings is 1. The summed E-state index contributed by atoms with van der Waals surface area (Å²) in [7, 11) is 2.99. The van der Waals surface area contributed by atoms with E-state index in [1.165, 1.54) is 19.8 Å². The van der Waals surface area contributed by atoms with Crippen molar-refractivity contribution in [3.05, 3.63) is 47.5 Å². The topological polar surface area (TPSA) is 60.5 Å². The van der Waals surface area contributed by atoms with E-state index in [0.717, 1.165) is 12.1 Å². The third-order valence-corrected chi connectivity index (χ3v) is 3.83. The van der Waals surface area contributed by atoms with Crippen LogP contribution in [-0.2, 0) is 0 Å². The lowest BCUT2D eigenvalue weighted by Gasteiger charge is -2.12. The van der Waals surface area contributed by atoms with Crippen LogP contribution < -0.4 is 14.8 Å². The molecule has 1 amide bonds. The van der Waals surface area contributed by atoms with Gasteiger partial charge in [0.15, 0.2) is 0 Å². The minimum atomic E-state index is -0.270. The Labute approximate surface area is 136 Å². The van der Waals surface area contributed by atoms with Crippen molar-refractivity contribution in [3.8, 4) is 11.8 Å². The predicted molar refractivity (Wildman–Crippen MR) is 90.4 cm³/mol. The Balaban J connectivity index is 2.15. The van der Waals surface area contributed by atoms with Crippen LogP contribution >= 0.6 is 0 Å².